The standard InChI is InChI=1S/C15H16FNO4/c16-9-3-4-11(18)10(6-9)14(19)17-13-8-2-1-7(5-8)12(13)15(20)21/h3-4,6-8,12-13,18H,1-2,5H2,(H,17,19)(H,20,21). The van der Waals surface area contributed by atoms with Crippen LogP contribution in [0.25, 0.3) is 0 Å². The minimum atomic E-state index is -0.907. The second-order valence-corrected chi connectivity index (χ2v) is 5.86. The van der Waals surface area contributed by atoms with Crippen LogP contribution < -0.4 is 5.32 Å². The molecule has 6 heteroatoms. The number of nitrogens with one attached hydrogen (secondary N) is 1. The van der Waals surface area contributed by atoms with E-state index in [1.807, 2.05) is 0 Å². The molecule has 2 aliphatic carbocycles. The van der Waals surface area contributed by atoms with Crippen molar-refractivity contribution < 1.29 is 24.2 Å². The quantitative estimate of drug-likeness (QED) is 0.792. The number of benzene rings is 1. The summed E-state index contributed by atoms with van der Waals surface area (Å²) in [5, 5.41) is 21.6. The predicted molar refractivity (Wildman–Crippen MR) is 71.3 cm³/mol. The first-order valence-corrected chi connectivity index (χ1v) is 6.99. The molecule has 3 rings (SSSR count). The van der Waals surface area contributed by atoms with Gasteiger partial charge in [-0.25, -0.2) is 4.39 Å². The Morgan fingerprint density at radius 2 is 1.95 bits per heavy atom. The number of carboxylic acids is 1. The molecule has 2 aliphatic rings. The summed E-state index contributed by atoms with van der Waals surface area (Å²) < 4.78 is 13.2. The Balaban J connectivity index is 1.81. The minimum absolute atomic E-state index is 0.0962. The number of aliphatic carboxylic acids is 1. The fraction of sp³-hybridized carbons (Fsp3) is 0.467. The van der Waals surface area contributed by atoms with Gasteiger partial charge in [0.1, 0.15) is 11.6 Å². The van der Waals surface area contributed by atoms with Gasteiger partial charge in [-0.2, -0.15) is 0 Å². The van der Waals surface area contributed by atoms with Gasteiger partial charge in [0.15, 0.2) is 0 Å². The van der Waals surface area contributed by atoms with Crippen molar-refractivity contribution in [2.24, 2.45) is 17.8 Å². The molecule has 0 spiro atoms. The molecule has 1 aromatic rings. The first-order chi connectivity index (χ1) is 9.97. The normalized spacial score (nSPS) is 30.3. The molecule has 2 fully saturated rings. The Bertz CT molecular complexity index is 603. The monoisotopic (exact) mass is 293 g/mol. The van der Waals surface area contributed by atoms with Gasteiger partial charge in [-0.05, 0) is 49.3 Å². The van der Waals surface area contributed by atoms with Crippen LogP contribution in [-0.4, -0.2) is 28.1 Å². The van der Waals surface area contributed by atoms with E-state index in [2.05, 4.69) is 5.32 Å². The van der Waals surface area contributed by atoms with Crippen molar-refractivity contribution in [2.45, 2.75) is 25.3 Å². The van der Waals surface area contributed by atoms with E-state index in [4.69, 9.17) is 0 Å². The summed E-state index contributed by atoms with van der Waals surface area (Å²) in [6, 6.07) is 2.67. The minimum Gasteiger partial charge on any atom is -0.507 e. The molecule has 0 saturated heterocycles. The number of hydrogen-bond acceptors (Lipinski definition) is 3. The third-order valence-electron chi connectivity index (χ3n) is 4.70. The highest BCUT2D eigenvalue weighted by Crippen LogP contribution is 2.48. The van der Waals surface area contributed by atoms with Crippen molar-refractivity contribution in [1.82, 2.24) is 5.32 Å². The summed E-state index contributed by atoms with van der Waals surface area (Å²) in [7, 11) is 0. The molecule has 5 nitrogen and oxygen atoms in total. The van der Waals surface area contributed by atoms with Gasteiger partial charge in [0.2, 0.25) is 0 Å². The number of aromatic hydroxyl groups is 1. The summed E-state index contributed by atoms with van der Waals surface area (Å²) in [6.07, 6.45) is 2.57. The fourth-order valence-corrected chi connectivity index (χ4v) is 3.77. The molecule has 4 unspecified atom stereocenters. The average Bonchev–Trinajstić information content (AvgIpc) is 3.02. The molecule has 21 heavy (non-hydrogen) atoms. The van der Waals surface area contributed by atoms with Crippen LogP contribution in [0.3, 0.4) is 0 Å². The molecule has 2 saturated carbocycles. The zero-order valence-corrected chi connectivity index (χ0v) is 11.3. The van der Waals surface area contributed by atoms with Crippen molar-refractivity contribution in [1.29, 1.82) is 0 Å². The number of phenols is 1. The molecule has 3 N–H and O–H groups in total. The molecular formula is C15H16FNO4. The topological polar surface area (TPSA) is 86.6 Å². The van der Waals surface area contributed by atoms with E-state index in [0.29, 0.717) is 0 Å². The SMILES string of the molecule is O=C(NC1C2CCC(C2)C1C(=O)O)c1cc(F)ccc1O. The molecule has 1 aromatic carbocycles. The molecule has 0 aromatic heterocycles. The van der Waals surface area contributed by atoms with Crippen LogP contribution in [0, 0.1) is 23.6 Å². The Kier molecular flexibility index (Phi) is 3.31. The summed E-state index contributed by atoms with van der Waals surface area (Å²) in [5.74, 6) is -2.82. The van der Waals surface area contributed by atoms with Crippen molar-refractivity contribution in [3.05, 3.63) is 29.6 Å². The van der Waals surface area contributed by atoms with E-state index in [1.54, 1.807) is 0 Å². The van der Waals surface area contributed by atoms with Crippen LogP contribution in [0.1, 0.15) is 29.6 Å². The molecule has 0 heterocycles. The fourth-order valence-electron chi connectivity index (χ4n) is 3.77. The maximum absolute atomic E-state index is 13.2. The van der Waals surface area contributed by atoms with Crippen LogP contribution in [0.15, 0.2) is 18.2 Å². The molecule has 0 aliphatic heterocycles. The van der Waals surface area contributed by atoms with E-state index in [9.17, 15) is 24.2 Å². The Hall–Kier alpha value is -2.11. The van der Waals surface area contributed by atoms with E-state index < -0.39 is 29.7 Å². The van der Waals surface area contributed by atoms with Crippen LogP contribution in [0.4, 0.5) is 4.39 Å². The average molecular weight is 293 g/mol. The lowest BCUT2D eigenvalue weighted by Gasteiger charge is -2.28. The molecule has 0 radical (unpaired) electrons. The van der Waals surface area contributed by atoms with Gasteiger partial charge >= 0.3 is 5.97 Å². The summed E-state index contributed by atoms with van der Waals surface area (Å²) >= 11 is 0. The maximum atomic E-state index is 13.2. The number of fused-ring (bicyclic) bond motifs is 2. The van der Waals surface area contributed by atoms with Gasteiger partial charge in [-0.1, -0.05) is 0 Å². The summed E-state index contributed by atoms with van der Waals surface area (Å²) in [6.45, 7) is 0. The predicted octanol–water partition coefficient (Wildman–Crippen LogP) is 1.76. The van der Waals surface area contributed by atoms with Crippen LogP contribution in [0.5, 0.6) is 5.75 Å². The first-order valence-electron chi connectivity index (χ1n) is 6.99. The smallest absolute Gasteiger partial charge is 0.308 e. The third-order valence-corrected chi connectivity index (χ3v) is 4.70. The second-order valence-electron chi connectivity index (χ2n) is 5.86. The van der Waals surface area contributed by atoms with Crippen LogP contribution in [0.2, 0.25) is 0 Å². The van der Waals surface area contributed by atoms with Gasteiger partial charge in [0.05, 0.1) is 11.5 Å². The Morgan fingerprint density at radius 1 is 1.24 bits per heavy atom. The lowest BCUT2D eigenvalue weighted by atomic mass is 9.84. The Morgan fingerprint density at radius 3 is 2.67 bits per heavy atom. The number of amides is 1. The van der Waals surface area contributed by atoms with E-state index in [-0.39, 0.29) is 23.1 Å². The highest BCUT2D eigenvalue weighted by molar-refractivity contribution is 5.97. The number of rotatable bonds is 3. The van der Waals surface area contributed by atoms with Crippen molar-refractivity contribution in [2.75, 3.05) is 0 Å². The first kappa shape index (κ1) is 13.9. The largest absolute Gasteiger partial charge is 0.507 e. The molecular weight excluding hydrogens is 277 g/mol. The van der Waals surface area contributed by atoms with E-state index in [0.717, 1.165) is 37.5 Å². The van der Waals surface area contributed by atoms with E-state index >= 15 is 0 Å². The van der Waals surface area contributed by atoms with Gasteiger partial charge in [0, 0.05) is 6.04 Å². The highest BCUT2D eigenvalue weighted by Gasteiger charge is 2.51. The summed E-state index contributed by atoms with van der Waals surface area (Å²) in [4.78, 5) is 23.6. The number of hydrogen-bond donors (Lipinski definition) is 3. The van der Waals surface area contributed by atoms with E-state index in [1.165, 1.54) is 0 Å². The van der Waals surface area contributed by atoms with Crippen LogP contribution >= 0.6 is 0 Å². The van der Waals surface area contributed by atoms with Crippen molar-refractivity contribution >= 4 is 11.9 Å². The highest BCUT2D eigenvalue weighted by atomic mass is 19.1. The van der Waals surface area contributed by atoms with Gasteiger partial charge in [0.25, 0.3) is 5.91 Å². The molecule has 4 atom stereocenters. The third kappa shape index (κ3) is 2.34. The zero-order valence-electron chi connectivity index (χ0n) is 11.3. The molecule has 2 bridgehead atoms. The van der Waals surface area contributed by atoms with Gasteiger partial charge < -0.3 is 15.5 Å². The van der Waals surface area contributed by atoms with Crippen molar-refractivity contribution in [3.8, 4) is 5.75 Å². The number of carbonyl (C=O) groups excluding carboxylic acids is 1. The van der Waals surface area contributed by atoms with Gasteiger partial charge in [-0.3, -0.25) is 9.59 Å². The zero-order chi connectivity index (χ0) is 15.1. The van der Waals surface area contributed by atoms with Crippen LogP contribution in [-0.2, 0) is 4.79 Å². The summed E-state index contributed by atoms with van der Waals surface area (Å²) in [5.41, 5.74) is -0.165. The second kappa shape index (κ2) is 5.02. The Labute approximate surface area is 120 Å². The molecule has 112 valence electrons. The molecule has 1 amide bonds. The number of halogens is 1. The number of carboxylic acid groups (broad SMARTS) is 1. The number of carbonyl (C=O) groups is 2. The van der Waals surface area contributed by atoms with Gasteiger partial charge in [-0.15, -0.1) is 0 Å². The number of phenolic OH excluding ortho intramolecular Hbond substituents is 1. The maximum Gasteiger partial charge on any atom is 0.308 e. The van der Waals surface area contributed by atoms with Crippen molar-refractivity contribution in [3.63, 3.8) is 0 Å². The lowest BCUT2D eigenvalue weighted by molar-refractivity contribution is -0.144. The lowest BCUT2D eigenvalue weighted by Crippen LogP contribution is -2.46.